The lowest BCUT2D eigenvalue weighted by molar-refractivity contribution is 0.270. The number of hydrogen-bond acceptors (Lipinski definition) is 3. The van der Waals surface area contributed by atoms with E-state index in [0.717, 1.165) is 23.5 Å². The lowest BCUT2D eigenvalue weighted by Gasteiger charge is -2.14. The van der Waals surface area contributed by atoms with E-state index in [9.17, 15) is 0 Å². The molecule has 0 unspecified atom stereocenters. The highest BCUT2D eigenvalue weighted by atomic mass is 16.5. The molecule has 0 heterocycles. The summed E-state index contributed by atoms with van der Waals surface area (Å²) in [5, 5.41) is 0. The van der Waals surface area contributed by atoms with Crippen LogP contribution >= 0.6 is 0 Å². The van der Waals surface area contributed by atoms with Crippen LogP contribution in [0.2, 0.25) is 0 Å². The van der Waals surface area contributed by atoms with Crippen molar-refractivity contribution in [2.45, 2.75) is 26.8 Å². The molecule has 0 aliphatic carbocycles. The molecule has 2 N–H and O–H groups in total. The second-order valence-electron chi connectivity index (χ2n) is 4.18. The van der Waals surface area contributed by atoms with Crippen molar-refractivity contribution in [1.29, 1.82) is 0 Å². The van der Waals surface area contributed by atoms with Crippen molar-refractivity contribution in [1.82, 2.24) is 0 Å². The first-order valence-electron chi connectivity index (χ1n) is 5.67. The Hall–Kier alpha value is -1.22. The van der Waals surface area contributed by atoms with E-state index < -0.39 is 0 Å². The predicted octanol–water partition coefficient (Wildman–Crippen LogP) is 2.58. The van der Waals surface area contributed by atoms with Gasteiger partial charge in [-0.2, -0.15) is 0 Å². The summed E-state index contributed by atoms with van der Waals surface area (Å²) in [6.07, 6.45) is 1.03. The van der Waals surface area contributed by atoms with Gasteiger partial charge in [0.15, 0.2) is 11.5 Å². The summed E-state index contributed by atoms with van der Waals surface area (Å²) < 4.78 is 11.0. The highest BCUT2D eigenvalue weighted by Gasteiger charge is 2.09. The Balaban J connectivity index is 2.74. The Morgan fingerprint density at radius 2 is 2.06 bits per heavy atom. The van der Waals surface area contributed by atoms with Gasteiger partial charge in [-0.05, 0) is 18.4 Å². The van der Waals surface area contributed by atoms with Crippen molar-refractivity contribution >= 4 is 0 Å². The van der Waals surface area contributed by atoms with Crippen molar-refractivity contribution in [3.8, 4) is 11.5 Å². The maximum atomic E-state index is 5.76. The second-order valence-corrected chi connectivity index (χ2v) is 4.18. The van der Waals surface area contributed by atoms with Crippen molar-refractivity contribution in [2.75, 3.05) is 13.7 Å². The average molecular weight is 223 g/mol. The van der Waals surface area contributed by atoms with Crippen molar-refractivity contribution in [2.24, 2.45) is 11.7 Å². The van der Waals surface area contributed by atoms with Gasteiger partial charge in [-0.3, -0.25) is 0 Å². The smallest absolute Gasteiger partial charge is 0.165 e. The fraction of sp³-hybridized carbons (Fsp3) is 0.538. The number of hydrogen-bond donors (Lipinski definition) is 1. The number of nitrogens with two attached hydrogens (primary N) is 1. The van der Waals surface area contributed by atoms with Gasteiger partial charge in [0.2, 0.25) is 0 Å². The highest BCUT2D eigenvalue weighted by molar-refractivity contribution is 5.46. The van der Waals surface area contributed by atoms with Crippen LogP contribution in [-0.4, -0.2) is 13.7 Å². The van der Waals surface area contributed by atoms with Gasteiger partial charge in [0.1, 0.15) is 0 Å². The Morgan fingerprint density at radius 1 is 1.31 bits per heavy atom. The number of rotatable bonds is 6. The van der Waals surface area contributed by atoms with Gasteiger partial charge < -0.3 is 15.2 Å². The molecular weight excluding hydrogens is 202 g/mol. The van der Waals surface area contributed by atoms with Gasteiger partial charge in [-0.25, -0.2) is 0 Å². The molecule has 1 aromatic rings. The molecule has 0 bridgehead atoms. The van der Waals surface area contributed by atoms with Crippen LogP contribution in [0.5, 0.6) is 11.5 Å². The molecule has 16 heavy (non-hydrogen) atoms. The lowest BCUT2D eigenvalue weighted by atomic mass is 10.1. The third-order valence-corrected chi connectivity index (χ3v) is 2.44. The maximum Gasteiger partial charge on any atom is 0.165 e. The zero-order valence-electron chi connectivity index (χ0n) is 10.3. The summed E-state index contributed by atoms with van der Waals surface area (Å²) in [5.74, 6) is 2.18. The summed E-state index contributed by atoms with van der Waals surface area (Å²) >= 11 is 0. The van der Waals surface area contributed by atoms with E-state index in [1.54, 1.807) is 7.11 Å². The highest BCUT2D eigenvalue weighted by Crippen LogP contribution is 2.30. The molecule has 0 saturated heterocycles. The van der Waals surface area contributed by atoms with Gasteiger partial charge in [-0.1, -0.05) is 26.0 Å². The average Bonchev–Trinajstić information content (AvgIpc) is 2.28. The van der Waals surface area contributed by atoms with Crippen LogP contribution < -0.4 is 15.2 Å². The first kappa shape index (κ1) is 12.8. The Labute approximate surface area is 97.6 Å². The molecule has 0 atom stereocenters. The topological polar surface area (TPSA) is 44.5 Å². The summed E-state index contributed by atoms with van der Waals surface area (Å²) in [5.41, 5.74) is 6.66. The quantitative estimate of drug-likeness (QED) is 0.806. The van der Waals surface area contributed by atoms with Crippen LogP contribution in [0.4, 0.5) is 0 Å². The van der Waals surface area contributed by atoms with Gasteiger partial charge >= 0.3 is 0 Å². The third-order valence-electron chi connectivity index (χ3n) is 2.44. The lowest BCUT2D eigenvalue weighted by Crippen LogP contribution is -2.07. The molecular formula is C13H21NO2. The molecule has 0 aliphatic heterocycles. The summed E-state index contributed by atoms with van der Waals surface area (Å²) in [6.45, 7) is 5.52. The van der Waals surface area contributed by atoms with Crippen LogP contribution in [0.3, 0.4) is 0 Å². The number of para-hydroxylation sites is 1. The van der Waals surface area contributed by atoms with E-state index in [2.05, 4.69) is 13.8 Å². The molecule has 0 fully saturated rings. The minimum Gasteiger partial charge on any atom is -0.493 e. The zero-order valence-corrected chi connectivity index (χ0v) is 10.3. The van der Waals surface area contributed by atoms with E-state index in [1.165, 1.54) is 0 Å². The first-order chi connectivity index (χ1) is 7.69. The normalized spacial score (nSPS) is 10.6. The van der Waals surface area contributed by atoms with Crippen molar-refractivity contribution in [3.63, 3.8) is 0 Å². The Bertz CT molecular complexity index is 301. The van der Waals surface area contributed by atoms with Crippen LogP contribution in [-0.2, 0) is 6.54 Å². The van der Waals surface area contributed by atoms with Crippen LogP contribution in [0.25, 0.3) is 0 Å². The van der Waals surface area contributed by atoms with E-state index in [-0.39, 0.29) is 0 Å². The molecule has 0 aliphatic rings. The molecule has 0 radical (unpaired) electrons. The predicted molar refractivity (Wildman–Crippen MR) is 65.8 cm³/mol. The molecule has 3 heteroatoms. The number of benzene rings is 1. The van der Waals surface area contributed by atoms with Gasteiger partial charge in [-0.15, -0.1) is 0 Å². The number of methoxy groups -OCH3 is 1. The van der Waals surface area contributed by atoms with E-state index in [1.807, 2.05) is 18.2 Å². The maximum absolute atomic E-state index is 5.76. The molecule has 1 aromatic carbocycles. The molecule has 0 aromatic heterocycles. The van der Waals surface area contributed by atoms with Gasteiger partial charge in [0, 0.05) is 12.1 Å². The Kier molecular flexibility index (Phi) is 5.12. The van der Waals surface area contributed by atoms with E-state index >= 15 is 0 Å². The molecule has 3 nitrogen and oxygen atoms in total. The molecule has 90 valence electrons. The molecule has 0 amide bonds. The minimum absolute atomic E-state index is 0.466. The SMILES string of the molecule is COc1cccc(CN)c1OCCC(C)C. The molecule has 0 saturated carbocycles. The Morgan fingerprint density at radius 3 is 2.62 bits per heavy atom. The van der Waals surface area contributed by atoms with Gasteiger partial charge in [0.25, 0.3) is 0 Å². The van der Waals surface area contributed by atoms with Crippen LogP contribution in [0, 0.1) is 5.92 Å². The van der Waals surface area contributed by atoms with Crippen LogP contribution in [0.15, 0.2) is 18.2 Å². The minimum atomic E-state index is 0.466. The van der Waals surface area contributed by atoms with Crippen molar-refractivity contribution in [3.05, 3.63) is 23.8 Å². The summed E-state index contributed by atoms with van der Waals surface area (Å²) in [4.78, 5) is 0. The standard InChI is InChI=1S/C13H21NO2/c1-10(2)7-8-16-13-11(9-14)5-4-6-12(13)15-3/h4-6,10H,7-9,14H2,1-3H3. The molecule has 0 spiro atoms. The summed E-state index contributed by atoms with van der Waals surface area (Å²) in [6, 6.07) is 5.79. The fourth-order valence-electron chi connectivity index (χ4n) is 1.44. The van der Waals surface area contributed by atoms with E-state index in [4.69, 9.17) is 15.2 Å². The largest absolute Gasteiger partial charge is 0.493 e. The second kappa shape index (κ2) is 6.38. The van der Waals surface area contributed by atoms with Crippen molar-refractivity contribution < 1.29 is 9.47 Å². The zero-order chi connectivity index (χ0) is 12.0. The van der Waals surface area contributed by atoms with E-state index in [0.29, 0.717) is 19.1 Å². The summed E-state index contributed by atoms with van der Waals surface area (Å²) in [7, 11) is 1.64. The van der Waals surface area contributed by atoms with Crippen LogP contribution in [0.1, 0.15) is 25.8 Å². The third kappa shape index (κ3) is 3.42. The number of ether oxygens (including phenoxy) is 2. The first-order valence-corrected chi connectivity index (χ1v) is 5.67. The fourth-order valence-corrected chi connectivity index (χ4v) is 1.44. The monoisotopic (exact) mass is 223 g/mol. The molecule has 1 rings (SSSR count). The van der Waals surface area contributed by atoms with Gasteiger partial charge in [0.05, 0.1) is 13.7 Å².